The molecule has 0 aliphatic carbocycles. The lowest BCUT2D eigenvalue weighted by molar-refractivity contribution is 0.0384. The molecule has 1 fully saturated rings. The van der Waals surface area contributed by atoms with Crippen LogP contribution in [0.15, 0.2) is 60.7 Å². The number of carbonyl (C=O) groups is 2. The summed E-state index contributed by atoms with van der Waals surface area (Å²) in [6, 6.07) is 17.8. The second kappa shape index (κ2) is 8.60. The Balaban J connectivity index is 1.45. The summed E-state index contributed by atoms with van der Waals surface area (Å²) in [6.07, 6.45) is -1.23. The maximum atomic E-state index is 12.1. The van der Waals surface area contributed by atoms with Crippen LogP contribution < -0.4 is 10.6 Å². The fourth-order valence-electron chi connectivity index (χ4n) is 2.91. The van der Waals surface area contributed by atoms with Crippen molar-refractivity contribution in [2.75, 3.05) is 19.7 Å². The zero-order valence-electron chi connectivity index (χ0n) is 14.3. The number of carbonyl (C=O) groups excluding carboxylic acids is 2. The van der Waals surface area contributed by atoms with Crippen molar-refractivity contribution in [1.82, 2.24) is 10.6 Å². The van der Waals surface area contributed by atoms with Crippen LogP contribution in [0.3, 0.4) is 0 Å². The lowest BCUT2D eigenvalue weighted by Gasteiger charge is -2.18. The first-order valence-electron chi connectivity index (χ1n) is 8.61. The minimum Gasteiger partial charge on any atom is -0.390 e. The molecule has 6 nitrogen and oxygen atoms in total. The van der Waals surface area contributed by atoms with Crippen LogP contribution >= 0.6 is 0 Å². The Morgan fingerprint density at radius 2 is 1.38 bits per heavy atom. The molecule has 1 aliphatic rings. The molecule has 3 atom stereocenters. The first-order valence-corrected chi connectivity index (χ1v) is 8.61. The molecule has 3 rings (SSSR count). The molecule has 0 aromatic heterocycles. The molecular formula is C20H22N2O4. The van der Waals surface area contributed by atoms with Crippen LogP contribution in [0, 0.1) is 5.92 Å². The van der Waals surface area contributed by atoms with Crippen LogP contribution in [0.25, 0.3) is 0 Å². The smallest absolute Gasteiger partial charge is 0.251 e. The van der Waals surface area contributed by atoms with Crippen molar-refractivity contribution in [2.45, 2.75) is 12.2 Å². The van der Waals surface area contributed by atoms with Gasteiger partial charge < -0.3 is 20.5 Å². The third-order valence-corrected chi connectivity index (χ3v) is 4.45. The van der Waals surface area contributed by atoms with E-state index >= 15 is 0 Å². The zero-order valence-corrected chi connectivity index (χ0v) is 14.3. The first kappa shape index (κ1) is 18.1. The zero-order chi connectivity index (χ0) is 18.4. The van der Waals surface area contributed by atoms with Crippen molar-refractivity contribution in [3.63, 3.8) is 0 Å². The van der Waals surface area contributed by atoms with Crippen molar-refractivity contribution < 1.29 is 19.4 Å². The molecule has 0 saturated carbocycles. The molecule has 26 heavy (non-hydrogen) atoms. The molecule has 2 amide bonds. The monoisotopic (exact) mass is 354 g/mol. The highest BCUT2D eigenvalue weighted by Gasteiger charge is 2.36. The normalized spacial score (nSPS) is 22.0. The number of aliphatic hydroxyl groups excluding tert-OH is 1. The van der Waals surface area contributed by atoms with Gasteiger partial charge in [-0.15, -0.1) is 0 Å². The highest BCUT2D eigenvalue weighted by molar-refractivity contribution is 5.94. The molecule has 3 N–H and O–H groups in total. The van der Waals surface area contributed by atoms with E-state index in [2.05, 4.69) is 10.6 Å². The van der Waals surface area contributed by atoms with E-state index in [4.69, 9.17) is 4.74 Å². The minimum atomic E-state index is -0.748. The molecule has 136 valence electrons. The van der Waals surface area contributed by atoms with Gasteiger partial charge in [0.25, 0.3) is 11.8 Å². The summed E-state index contributed by atoms with van der Waals surface area (Å²) in [5.41, 5.74) is 1.14. The average Bonchev–Trinajstić information content (AvgIpc) is 3.05. The number of amides is 2. The topological polar surface area (TPSA) is 87.7 Å². The number of aliphatic hydroxyl groups is 1. The van der Waals surface area contributed by atoms with Crippen LogP contribution in [0.2, 0.25) is 0 Å². The molecule has 2 aromatic rings. The van der Waals surface area contributed by atoms with Gasteiger partial charge >= 0.3 is 0 Å². The van der Waals surface area contributed by atoms with E-state index < -0.39 is 12.2 Å². The van der Waals surface area contributed by atoms with Crippen molar-refractivity contribution in [1.29, 1.82) is 0 Å². The van der Waals surface area contributed by atoms with Crippen LogP contribution in [-0.4, -0.2) is 48.8 Å². The predicted molar refractivity (Wildman–Crippen MR) is 96.8 cm³/mol. The lowest BCUT2D eigenvalue weighted by atomic mass is 10.0. The summed E-state index contributed by atoms with van der Waals surface area (Å²) in [5, 5.41) is 16.0. The van der Waals surface area contributed by atoms with Gasteiger partial charge in [-0.3, -0.25) is 9.59 Å². The minimum absolute atomic E-state index is 0.182. The maximum absolute atomic E-state index is 12.1. The van der Waals surface area contributed by atoms with E-state index in [1.165, 1.54) is 0 Å². The van der Waals surface area contributed by atoms with E-state index in [9.17, 15) is 14.7 Å². The van der Waals surface area contributed by atoms with Gasteiger partial charge in [0, 0.05) is 30.1 Å². The number of hydrogen-bond acceptors (Lipinski definition) is 4. The van der Waals surface area contributed by atoms with Crippen molar-refractivity contribution in [3.8, 4) is 0 Å². The van der Waals surface area contributed by atoms with Crippen molar-refractivity contribution in [3.05, 3.63) is 71.8 Å². The second-order valence-corrected chi connectivity index (χ2v) is 6.27. The van der Waals surface area contributed by atoms with Crippen LogP contribution in [0.5, 0.6) is 0 Å². The van der Waals surface area contributed by atoms with Gasteiger partial charge in [-0.05, 0) is 24.3 Å². The molecule has 0 bridgehead atoms. The quantitative estimate of drug-likeness (QED) is 0.728. The van der Waals surface area contributed by atoms with Gasteiger partial charge in [0.05, 0.1) is 12.7 Å². The largest absolute Gasteiger partial charge is 0.390 e. The lowest BCUT2D eigenvalue weighted by Crippen LogP contribution is -2.41. The highest BCUT2D eigenvalue weighted by Crippen LogP contribution is 2.19. The molecule has 0 radical (unpaired) electrons. The predicted octanol–water partition coefficient (Wildman–Crippen LogP) is 1.22. The Morgan fingerprint density at radius 1 is 0.885 bits per heavy atom. The number of nitrogens with one attached hydrogen (secondary N) is 2. The van der Waals surface area contributed by atoms with Crippen LogP contribution in [0.1, 0.15) is 20.7 Å². The van der Waals surface area contributed by atoms with Gasteiger partial charge in [0.1, 0.15) is 6.10 Å². The third kappa shape index (κ3) is 4.47. The number of hydrogen-bond donors (Lipinski definition) is 3. The van der Waals surface area contributed by atoms with Gasteiger partial charge in [0.2, 0.25) is 0 Å². The fourth-order valence-corrected chi connectivity index (χ4v) is 2.91. The van der Waals surface area contributed by atoms with Crippen molar-refractivity contribution >= 4 is 11.8 Å². The van der Waals surface area contributed by atoms with Gasteiger partial charge in [-0.1, -0.05) is 36.4 Å². The molecule has 6 heteroatoms. The number of ether oxygens (including phenoxy) is 1. The van der Waals surface area contributed by atoms with E-state index in [0.29, 0.717) is 24.3 Å². The van der Waals surface area contributed by atoms with E-state index in [-0.39, 0.29) is 24.3 Å². The number of rotatable bonds is 6. The average molecular weight is 354 g/mol. The molecule has 0 unspecified atom stereocenters. The van der Waals surface area contributed by atoms with E-state index in [1.54, 1.807) is 48.5 Å². The Labute approximate surface area is 152 Å². The Hall–Kier alpha value is -2.70. The summed E-state index contributed by atoms with van der Waals surface area (Å²) in [6.45, 7) is 0.873. The summed E-state index contributed by atoms with van der Waals surface area (Å²) >= 11 is 0. The Kier molecular flexibility index (Phi) is 5.99. The Bertz CT molecular complexity index is 672. The standard InChI is InChI=1S/C20H22N2O4/c23-18-16(11-21-19(24)14-7-3-1-4-8-14)13-26-17(18)12-22-20(25)15-9-5-2-6-10-15/h1-10,16-18,23H,11-13H2,(H,21,24)(H,22,25)/t16-,17-,18+/m1/s1. The summed E-state index contributed by atoms with van der Waals surface area (Å²) in [7, 11) is 0. The second-order valence-electron chi connectivity index (χ2n) is 6.27. The van der Waals surface area contributed by atoms with Crippen molar-refractivity contribution in [2.24, 2.45) is 5.92 Å². The summed E-state index contributed by atoms with van der Waals surface area (Å²) in [4.78, 5) is 24.1. The van der Waals surface area contributed by atoms with E-state index in [1.807, 2.05) is 12.1 Å². The molecule has 1 saturated heterocycles. The molecule has 2 aromatic carbocycles. The van der Waals surface area contributed by atoms with Gasteiger partial charge in [-0.2, -0.15) is 0 Å². The van der Waals surface area contributed by atoms with E-state index in [0.717, 1.165) is 0 Å². The van der Waals surface area contributed by atoms with Crippen LogP contribution in [0.4, 0.5) is 0 Å². The first-order chi connectivity index (χ1) is 12.6. The maximum Gasteiger partial charge on any atom is 0.251 e. The molecule has 1 aliphatic heterocycles. The summed E-state index contributed by atoms with van der Waals surface area (Å²) < 4.78 is 5.59. The van der Waals surface area contributed by atoms with Gasteiger partial charge in [-0.25, -0.2) is 0 Å². The Morgan fingerprint density at radius 3 is 1.92 bits per heavy atom. The molecular weight excluding hydrogens is 332 g/mol. The third-order valence-electron chi connectivity index (χ3n) is 4.45. The highest BCUT2D eigenvalue weighted by atomic mass is 16.5. The number of benzene rings is 2. The van der Waals surface area contributed by atoms with Gasteiger partial charge in [0.15, 0.2) is 0 Å². The summed E-state index contributed by atoms with van der Waals surface area (Å²) in [5.74, 6) is -0.595. The molecule has 0 spiro atoms. The molecule has 1 heterocycles. The fraction of sp³-hybridized carbons (Fsp3) is 0.300. The van der Waals surface area contributed by atoms with Crippen LogP contribution in [-0.2, 0) is 4.74 Å². The SMILES string of the molecule is O=C(NC[C@@H]1CO[C@H](CNC(=O)c2ccccc2)[C@H]1O)c1ccccc1.